The number of imidazole rings is 1. The molecule has 16 heavy (non-hydrogen) atoms. The molecule has 84 valence electrons. The summed E-state index contributed by atoms with van der Waals surface area (Å²) >= 11 is 3.30. The Labute approximate surface area is 102 Å². The van der Waals surface area contributed by atoms with Crippen molar-refractivity contribution in [3.8, 4) is 0 Å². The summed E-state index contributed by atoms with van der Waals surface area (Å²) in [6.07, 6.45) is 4.15. The molecular weight excluding hydrogens is 292 g/mol. The summed E-state index contributed by atoms with van der Waals surface area (Å²) in [7, 11) is -3.34. The molecule has 0 N–H and O–H groups in total. The standard InChI is InChI=1S/C10H9BrN2O2S/c11-10-3-1-9(2-4-10)7-16(14,15)13-6-5-12-8-13/h1-6,8H,7H2. The van der Waals surface area contributed by atoms with E-state index in [1.165, 1.54) is 18.7 Å². The highest BCUT2D eigenvalue weighted by Crippen LogP contribution is 2.13. The van der Waals surface area contributed by atoms with Crippen LogP contribution in [0.15, 0.2) is 47.5 Å². The summed E-state index contributed by atoms with van der Waals surface area (Å²) in [4.78, 5) is 3.72. The minimum atomic E-state index is -3.34. The van der Waals surface area contributed by atoms with Gasteiger partial charge in [0.25, 0.3) is 0 Å². The molecule has 0 bridgehead atoms. The minimum Gasteiger partial charge on any atom is -0.244 e. The minimum absolute atomic E-state index is 0.0311. The second kappa shape index (κ2) is 4.39. The normalized spacial score (nSPS) is 11.6. The third kappa shape index (κ3) is 2.51. The molecule has 1 aromatic heterocycles. The largest absolute Gasteiger partial charge is 0.244 e. The smallest absolute Gasteiger partial charge is 0.243 e. The van der Waals surface area contributed by atoms with Crippen LogP contribution in [0.3, 0.4) is 0 Å². The van der Waals surface area contributed by atoms with Gasteiger partial charge in [-0.1, -0.05) is 28.1 Å². The molecule has 2 aromatic rings. The Balaban J connectivity index is 2.25. The lowest BCUT2D eigenvalue weighted by Gasteiger charge is -2.04. The first kappa shape index (κ1) is 11.3. The third-order valence-corrected chi connectivity index (χ3v) is 4.15. The van der Waals surface area contributed by atoms with E-state index in [-0.39, 0.29) is 5.75 Å². The van der Waals surface area contributed by atoms with Crippen LogP contribution in [-0.4, -0.2) is 17.4 Å². The maximum atomic E-state index is 11.9. The van der Waals surface area contributed by atoms with Gasteiger partial charge in [-0.25, -0.2) is 17.4 Å². The first-order valence-electron chi connectivity index (χ1n) is 4.53. The molecule has 0 unspecified atom stereocenters. The molecule has 0 fully saturated rings. The molecule has 0 saturated carbocycles. The van der Waals surface area contributed by atoms with Crippen molar-refractivity contribution < 1.29 is 8.42 Å². The molecule has 0 aliphatic carbocycles. The van der Waals surface area contributed by atoms with Crippen LogP contribution in [0.5, 0.6) is 0 Å². The van der Waals surface area contributed by atoms with Crippen molar-refractivity contribution in [2.24, 2.45) is 0 Å². The van der Waals surface area contributed by atoms with Gasteiger partial charge < -0.3 is 0 Å². The molecule has 0 amide bonds. The van der Waals surface area contributed by atoms with Gasteiger partial charge in [0.15, 0.2) is 0 Å². The van der Waals surface area contributed by atoms with Gasteiger partial charge in [-0.05, 0) is 17.7 Å². The Hall–Kier alpha value is -1.14. The van der Waals surface area contributed by atoms with Crippen molar-refractivity contribution in [2.75, 3.05) is 0 Å². The van der Waals surface area contributed by atoms with E-state index in [0.29, 0.717) is 0 Å². The van der Waals surface area contributed by atoms with Gasteiger partial charge in [0.1, 0.15) is 6.33 Å². The number of halogens is 1. The Morgan fingerprint density at radius 1 is 1.25 bits per heavy atom. The number of aromatic nitrogens is 2. The van der Waals surface area contributed by atoms with Crippen LogP contribution in [0.1, 0.15) is 5.56 Å². The lowest BCUT2D eigenvalue weighted by Crippen LogP contribution is -2.13. The van der Waals surface area contributed by atoms with E-state index in [9.17, 15) is 8.42 Å². The van der Waals surface area contributed by atoms with Crippen LogP contribution in [0.4, 0.5) is 0 Å². The van der Waals surface area contributed by atoms with E-state index in [1.807, 2.05) is 12.1 Å². The zero-order valence-corrected chi connectivity index (χ0v) is 10.6. The maximum absolute atomic E-state index is 11.9. The Bertz CT molecular complexity index is 561. The van der Waals surface area contributed by atoms with E-state index in [0.717, 1.165) is 14.0 Å². The zero-order chi connectivity index (χ0) is 11.6. The molecule has 1 aromatic carbocycles. The summed E-state index contributed by atoms with van der Waals surface area (Å²) in [5.74, 6) is -0.0311. The predicted molar refractivity (Wildman–Crippen MR) is 64.4 cm³/mol. The summed E-state index contributed by atoms with van der Waals surface area (Å²) in [6.45, 7) is 0. The maximum Gasteiger partial charge on any atom is 0.243 e. The number of hydrogen-bond acceptors (Lipinski definition) is 3. The molecule has 6 heteroatoms. The van der Waals surface area contributed by atoms with Crippen LogP contribution >= 0.6 is 15.9 Å². The molecule has 4 nitrogen and oxygen atoms in total. The van der Waals surface area contributed by atoms with E-state index in [2.05, 4.69) is 20.9 Å². The van der Waals surface area contributed by atoms with Crippen molar-refractivity contribution in [1.82, 2.24) is 8.96 Å². The fourth-order valence-electron chi connectivity index (χ4n) is 1.28. The van der Waals surface area contributed by atoms with Crippen LogP contribution in [-0.2, 0) is 15.8 Å². The Morgan fingerprint density at radius 2 is 1.94 bits per heavy atom. The van der Waals surface area contributed by atoms with Gasteiger partial charge in [0, 0.05) is 16.9 Å². The highest BCUT2D eigenvalue weighted by Gasteiger charge is 2.13. The Morgan fingerprint density at radius 3 is 2.50 bits per heavy atom. The summed E-state index contributed by atoms with van der Waals surface area (Å²) in [5.41, 5.74) is 0.747. The second-order valence-corrected chi connectivity index (χ2v) is 6.07. The van der Waals surface area contributed by atoms with Gasteiger partial charge >= 0.3 is 0 Å². The number of benzene rings is 1. The van der Waals surface area contributed by atoms with Crippen molar-refractivity contribution in [1.29, 1.82) is 0 Å². The van der Waals surface area contributed by atoms with Crippen LogP contribution in [0.25, 0.3) is 0 Å². The summed E-state index contributed by atoms with van der Waals surface area (Å²) in [5, 5.41) is 0. The quantitative estimate of drug-likeness (QED) is 0.871. The van der Waals surface area contributed by atoms with Crippen molar-refractivity contribution in [3.63, 3.8) is 0 Å². The van der Waals surface area contributed by atoms with Gasteiger partial charge in [-0.3, -0.25) is 0 Å². The fraction of sp³-hybridized carbons (Fsp3) is 0.100. The molecule has 1 heterocycles. The van der Waals surface area contributed by atoms with E-state index >= 15 is 0 Å². The molecule has 0 aliphatic rings. The summed E-state index contributed by atoms with van der Waals surface area (Å²) < 4.78 is 25.8. The van der Waals surface area contributed by atoms with E-state index in [1.54, 1.807) is 12.1 Å². The molecular formula is C10H9BrN2O2S. The average molecular weight is 301 g/mol. The second-order valence-electron chi connectivity index (χ2n) is 3.28. The van der Waals surface area contributed by atoms with Gasteiger partial charge in [-0.2, -0.15) is 0 Å². The molecule has 0 aliphatic heterocycles. The number of nitrogens with zero attached hydrogens (tertiary/aromatic N) is 2. The SMILES string of the molecule is O=S(=O)(Cc1ccc(Br)cc1)n1ccnc1. The van der Waals surface area contributed by atoms with Gasteiger partial charge in [0.05, 0.1) is 5.75 Å². The fourth-order valence-corrected chi connectivity index (χ4v) is 2.74. The van der Waals surface area contributed by atoms with Crippen molar-refractivity contribution in [3.05, 3.63) is 53.0 Å². The average Bonchev–Trinajstić information content (AvgIpc) is 2.75. The molecule has 0 atom stereocenters. The molecule has 0 radical (unpaired) electrons. The topological polar surface area (TPSA) is 52.0 Å². The Kier molecular flexibility index (Phi) is 3.11. The van der Waals surface area contributed by atoms with Crippen molar-refractivity contribution >= 4 is 26.0 Å². The zero-order valence-electron chi connectivity index (χ0n) is 8.25. The first-order valence-corrected chi connectivity index (χ1v) is 6.94. The highest BCUT2D eigenvalue weighted by atomic mass is 79.9. The summed E-state index contributed by atoms with van der Waals surface area (Å²) in [6, 6.07) is 7.19. The number of rotatable bonds is 3. The predicted octanol–water partition coefficient (Wildman–Crippen LogP) is 2.02. The monoisotopic (exact) mass is 300 g/mol. The highest BCUT2D eigenvalue weighted by molar-refractivity contribution is 9.10. The first-order chi connectivity index (χ1) is 7.58. The third-order valence-electron chi connectivity index (χ3n) is 2.06. The molecule has 0 saturated heterocycles. The van der Waals surface area contributed by atoms with Crippen molar-refractivity contribution in [2.45, 2.75) is 5.75 Å². The molecule has 0 spiro atoms. The number of hydrogen-bond donors (Lipinski definition) is 0. The van der Waals surface area contributed by atoms with E-state index < -0.39 is 10.0 Å². The molecule has 2 rings (SSSR count). The lowest BCUT2D eigenvalue weighted by molar-refractivity contribution is 0.586. The van der Waals surface area contributed by atoms with Crippen LogP contribution in [0, 0.1) is 0 Å². The van der Waals surface area contributed by atoms with E-state index in [4.69, 9.17) is 0 Å². The van der Waals surface area contributed by atoms with Gasteiger partial charge in [-0.15, -0.1) is 0 Å². The van der Waals surface area contributed by atoms with Crippen LogP contribution < -0.4 is 0 Å². The lowest BCUT2D eigenvalue weighted by atomic mass is 10.2. The van der Waals surface area contributed by atoms with Gasteiger partial charge in [0.2, 0.25) is 10.0 Å². The van der Waals surface area contributed by atoms with Crippen LogP contribution in [0.2, 0.25) is 0 Å².